The van der Waals surface area contributed by atoms with E-state index in [-0.39, 0.29) is 16.5 Å². The molecule has 2 N–H and O–H groups in total. The van der Waals surface area contributed by atoms with Crippen molar-refractivity contribution in [1.82, 2.24) is 5.32 Å². The number of carbonyl (C=O) groups is 1. The summed E-state index contributed by atoms with van der Waals surface area (Å²) in [6.07, 6.45) is 0. The second-order valence-electron chi connectivity index (χ2n) is 4.71. The van der Waals surface area contributed by atoms with E-state index >= 15 is 0 Å². The summed E-state index contributed by atoms with van der Waals surface area (Å²) in [5.74, 6) is -1.23. The fourth-order valence-corrected chi connectivity index (χ4v) is 3.70. The van der Waals surface area contributed by atoms with Crippen molar-refractivity contribution >= 4 is 21.4 Å². The molecule has 0 aliphatic carbocycles. The van der Waals surface area contributed by atoms with Gasteiger partial charge in [-0.25, -0.2) is 13.2 Å². The van der Waals surface area contributed by atoms with Gasteiger partial charge in [-0.05, 0) is 17.2 Å². The molecule has 1 aromatic rings. The third-order valence-corrected chi connectivity index (χ3v) is 4.48. The standard InChI is InChI=1S/C13H15NO4S/c1-8(2)14-6-9-7-19(17,18)12-10(9)4-3-5-11(12)13(15)16/h3-5,7-8,14H,6H2,1-2H3,(H,15,16). The average Bonchev–Trinajstić information content (AvgIpc) is 2.58. The molecule has 0 aromatic heterocycles. The molecule has 0 saturated carbocycles. The molecule has 0 amide bonds. The van der Waals surface area contributed by atoms with Crippen LogP contribution in [0.3, 0.4) is 0 Å². The smallest absolute Gasteiger partial charge is 0.337 e. The first-order chi connectivity index (χ1) is 8.83. The molecule has 1 heterocycles. The lowest BCUT2D eigenvalue weighted by molar-refractivity contribution is 0.0692. The van der Waals surface area contributed by atoms with Crippen molar-refractivity contribution in [1.29, 1.82) is 0 Å². The van der Waals surface area contributed by atoms with Gasteiger partial charge in [-0.1, -0.05) is 26.0 Å². The van der Waals surface area contributed by atoms with Crippen molar-refractivity contribution in [3.63, 3.8) is 0 Å². The van der Waals surface area contributed by atoms with Crippen LogP contribution < -0.4 is 5.32 Å². The van der Waals surface area contributed by atoms with E-state index in [0.717, 1.165) is 5.41 Å². The minimum absolute atomic E-state index is 0.0944. The Morgan fingerprint density at radius 3 is 2.63 bits per heavy atom. The monoisotopic (exact) mass is 281 g/mol. The van der Waals surface area contributed by atoms with Gasteiger partial charge in [0.1, 0.15) is 0 Å². The van der Waals surface area contributed by atoms with Crippen LogP contribution >= 0.6 is 0 Å². The van der Waals surface area contributed by atoms with Crippen molar-refractivity contribution in [2.24, 2.45) is 0 Å². The van der Waals surface area contributed by atoms with E-state index in [9.17, 15) is 13.2 Å². The highest BCUT2D eigenvalue weighted by Crippen LogP contribution is 2.35. The summed E-state index contributed by atoms with van der Waals surface area (Å²) < 4.78 is 24.1. The number of fused-ring (bicyclic) bond motifs is 1. The molecule has 0 saturated heterocycles. The van der Waals surface area contributed by atoms with Crippen LogP contribution in [0, 0.1) is 0 Å². The fraction of sp³-hybridized carbons (Fsp3) is 0.308. The zero-order chi connectivity index (χ0) is 14.2. The van der Waals surface area contributed by atoms with Crippen molar-refractivity contribution in [2.75, 3.05) is 6.54 Å². The second-order valence-corrected chi connectivity index (χ2v) is 6.45. The maximum Gasteiger partial charge on any atom is 0.337 e. The predicted octanol–water partition coefficient (Wildman–Crippen LogP) is 1.51. The highest BCUT2D eigenvalue weighted by Gasteiger charge is 2.31. The van der Waals surface area contributed by atoms with Gasteiger partial charge in [-0.15, -0.1) is 0 Å². The predicted molar refractivity (Wildman–Crippen MR) is 71.7 cm³/mol. The van der Waals surface area contributed by atoms with Gasteiger partial charge < -0.3 is 10.4 Å². The van der Waals surface area contributed by atoms with Gasteiger partial charge in [-0.2, -0.15) is 0 Å². The van der Waals surface area contributed by atoms with Crippen molar-refractivity contribution in [3.8, 4) is 0 Å². The Hall–Kier alpha value is -1.66. The van der Waals surface area contributed by atoms with Gasteiger partial charge in [0.15, 0.2) is 0 Å². The zero-order valence-corrected chi connectivity index (χ0v) is 11.5. The molecule has 0 fully saturated rings. The van der Waals surface area contributed by atoms with Gasteiger partial charge in [0.25, 0.3) is 0 Å². The van der Waals surface area contributed by atoms with E-state index in [1.807, 2.05) is 13.8 Å². The van der Waals surface area contributed by atoms with Crippen molar-refractivity contribution in [3.05, 3.63) is 34.7 Å². The largest absolute Gasteiger partial charge is 0.478 e. The SMILES string of the molecule is CC(C)NCC1=CS(=O)(=O)c2c(C(=O)O)cccc21. The Balaban J connectivity index is 2.52. The summed E-state index contributed by atoms with van der Waals surface area (Å²) in [6.45, 7) is 4.31. The molecule has 2 rings (SSSR count). The Morgan fingerprint density at radius 1 is 1.37 bits per heavy atom. The number of rotatable bonds is 4. The third kappa shape index (κ3) is 2.54. The topological polar surface area (TPSA) is 83.5 Å². The second kappa shape index (κ2) is 4.79. The lowest BCUT2D eigenvalue weighted by atomic mass is 10.0. The van der Waals surface area contributed by atoms with Crippen LogP contribution in [0.2, 0.25) is 0 Å². The number of hydrogen-bond acceptors (Lipinski definition) is 4. The number of benzene rings is 1. The highest BCUT2D eigenvalue weighted by atomic mass is 32.2. The van der Waals surface area contributed by atoms with E-state index in [1.54, 1.807) is 12.1 Å². The Bertz CT molecular complexity index is 659. The molecule has 1 aliphatic heterocycles. The maximum absolute atomic E-state index is 12.1. The minimum atomic E-state index is -3.66. The molecule has 1 aromatic carbocycles. The summed E-state index contributed by atoms with van der Waals surface area (Å²) in [7, 11) is -3.66. The summed E-state index contributed by atoms with van der Waals surface area (Å²) in [5, 5.41) is 13.4. The molecule has 6 heteroatoms. The Kier molecular flexibility index (Phi) is 3.47. The van der Waals surface area contributed by atoms with Crippen LogP contribution in [0.4, 0.5) is 0 Å². The van der Waals surface area contributed by atoms with Crippen LogP contribution in [-0.2, 0) is 9.84 Å². The van der Waals surface area contributed by atoms with Gasteiger partial charge in [-0.3, -0.25) is 0 Å². The first kappa shape index (κ1) is 13.8. The summed E-state index contributed by atoms with van der Waals surface area (Å²) in [4.78, 5) is 11.0. The number of hydrogen-bond donors (Lipinski definition) is 2. The van der Waals surface area contributed by atoms with Crippen LogP contribution in [0.25, 0.3) is 5.57 Å². The fourth-order valence-electron chi connectivity index (χ4n) is 2.03. The minimum Gasteiger partial charge on any atom is -0.478 e. The number of carboxylic acids is 1. The van der Waals surface area contributed by atoms with Gasteiger partial charge in [0.2, 0.25) is 9.84 Å². The van der Waals surface area contributed by atoms with E-state index < -0.39 is 15.8 Å². The van der Waals surface area contributed by atoms with Crippen LogP contribution in [-0.4, -0.2) is 32.1 Å². The molecule has 1 aliphatic rings. The van der Waals surface area contributed by atoms with Gasteiger partial charge in [0, 0.05) is 18.0 Å². The maximum atomic E-state index is 12.1. The number of sulfone groups is 1. The molecular formula is C13H15NO4S. The van der Waals surface area contributed by atoms with E-state index in [2.05, 4.69) is 5.32 Å². The number of aromatic carboxylic acids is 1. The molecular weight excluding hydrogens is 266 g/mol. The molecule has 0 bridgehead atoms. The first-order valence-corrected chi connectivity index (χ1v) is 7.43. The third-order valence-electron chi connectivity index (χ3n) is 2.87. The van der Waals surface area contributed by atoms with E-state index in [4.69, 9.17) is 5.11 Å². The quantitative estimate of drug-likeness (QED) is 0.874. The molecule has 0 atom stereocenters. The summed E-state index contributed by atoms with van der Waals surface area (Å²) in [6, 6.07) is 4.73. The van der Waals surface area contributed by atoms with Gasteiger partial charge >= 0.3 is 5.97 Å². The van der Waals surface area contributed by atoms with Crippen LogP contribution in [0.1, 0.15) is 29.8 Å². The lowest BCUT2D eigenvalue weighted by Crippen LogP contribution is -2.24. The number of carboxylic acid groups (broad SMARTS) is 1. The number of nitrogens with one attached hydrogen (secondary N) is 1. The zero-order valence-electron chi connectivity index (χ0n) is 10.7. The molecule has 0 spiro atoms. The Morgan fingerprint density at radius 2 is 2.05 bits per heavy atom. The van der Waals surface area contributed by atoms with E-state index in [1.165, 1.54) is 6.07 Å². The Labute approximate surface area is 111 Å². The van der Waals surface area contributed by atoms with Crippen LogP contribution in [0.5, 0.6) is 0 Å². The molecule has 102 valence electrons. The molecule has 5 nitrogen and oxygen atoms in total. The molecule has 0 radical (unpaired) electrons. The summed E-state index contributed by atoms with van der Waals surface area (Å²) >= 11 is 0. The average molecular weight is 281 g/mol. The van der Waals surface area contributed by atoms with Crippen LogP contribution in [0.15, 0.2) is 28.5 Å². The molecule has 0 unspecified atom stereocenters. The van der Waals surface area contributed by atoms with Gasteiger partial charge in [0.05, 0.1) is 10.5 Å². The van der Waals surface area contributed by atoms with Crippen molar-refractivity contribution in [2.45, 2.75) is 24.8 Å². The highest BCUT2D eigenvalue weighted by molar-refractivity contribution is 7.95. The van der Waals surface area contributed by atoms with E-state index in [0.29, 0.717) is 17.7 Å². The molecule has 19 heavy (non-hydrogen) atoms. The first-order valence-electron chi connectivity index (χ1n) is 5.88. The lowest BCUT2D eigenvalue weighted by Gasteiger charge is -2.10. The summed E-state index contributed by atoms with van der Waals surface area (Å²) in [5.41, 5.74) is 0.910. The van der Waals surface area contributed by atoms with Crippen molar-refractivity contribution < 1.29 is 18.3 Å². The normalized spacial score (nSPS) is 16.3.